The Morgan fingerprint density at radius 1 is 1.63 bits per heavy atom. The van der Waals surface area contributed by atoms with Crippen molar-refractivity contribution in [2.45, 2.75) is 13.5 Å². The lowest BCUT2D eigenvalue weighted by molar-refractivity contribution is -0.404. The van der Waals surface area contributed by atoms with Crippen LogP contribution in [0, 0.1) is 10.1 Å². The van der Waals surface area contributed by atoms with E-state index in [1.54, 1.807) is 13.2 Å². The number of hydrogen-bond donors (Lipinski definition) is 1. The van der Waals surface area contributed by atoms with E-state index in [4.69, 9.17) is 0 Å². The van der Waals surface area contributed by atoms with Crippen LogP contribution in [0.1, 0.15) is 12.5 Å². The van der Waals surface area contributed by atoms with Gasteiger partial charge >= 0.3 is 0 Å². The van der Waals surface area contributed by atoms with Gasteiger partial charge in [0.25, 0.3) is 6.20 Å². The van der Waals surface area contributed by atoms with Gasteiger partial charge in [0.1, 0.15) is 4.60 Å². The largest absolute Gasteiger partial charge is 0.370 e. The number of aromatic nitrogens is 1. The van der Waals surface area contributed by atoms with E-state index >= 15 is 0 Å². The van der Waals surface area contributed by atoms with E-state index in [9.17, 15) is 10.1 Å². The molecule has 0 aromatic carbocycles. The molecule has 0 aliphatic carbocycles. The third-order valence-corrected chi connectivity index (χ3v) is 3.64. The van der Waals surface area contributed by atoms with E-state index in [-0.39, 0.29) is 0 Å². The highest BCUT2D eigenvalue weighted by atomic mass is 79.9. The van der Waals surface area contributed by atoms with E-state index in [0.717, 1.165) is 20.8 Å². The van der Waals surface area contributed by atoms with Crippen LogP contribution in [0.5, 0.6) is 0 Å². The van der Waals surface area contributed by atoms with E-state index in [0.29, 0.717) is 18.9 Å². The molecule has 0 spiro atoms. The van der Waals surface area contributed by atoms with Gasteiger partial charge in [-0.15, -0.1) is 0 Å². The van der Waals surface area contributed by atoms with Gasteiger partial charge in [0, 0.05) is 36.4 Å². The second kappa shape index (κ2) is 7.44. The van der Waals surface area contributed by atoms with E-state index in [1.807, 2.05) is 17.9 Å². The second-order valence-corrected chi connectivity index (χ2v) is 5.33. The van der Waals surface area contributed by atoms with Gasteiger partial charge in [-0.25, -0.2) is 4.98 Å². The fourth-order valence-corrected chi connectivity index (χ4v) is 2.61. The summed E-state index contributed by atoms with van der Waals surface area (Å²) in [5.41, 5.74) is 0.953. The highest BCUT2D eigenvalue weighted by Gasteiger charge is 2.13. The predicted molar refractivity (Wildman–Crippen MR) is 79.9 cm³/mol. The molecule has 6 nitrogen and oxygen atoms in total. The Balaban J connectivity index is 2.95. The van der Waals surface area contributed by atoms with Crippen LogP contribution in [0.25, 0.3) is 0 Å². The predicted octanol–water partition coefficient (Wildman–Crippen LogP) is 2.72. The average Bonchev–Trinajstić information content (AvgIpc) is 2.35. The van der Waals surface area contributed by atoms with E-state index < -0.39 is 4.92 Å². The molecule has 0 saturated heterocycles. The molecule has 1 rings (SSSR count). The molecular weight excluding hydrogens is 380 g/mol. The SMILES string of the molecule is CCN(Cc1cnc(Br)cc1Br)/C(=C/[N+](=O)[O-])NC. The topological polar surface area (TPSA) is 71.3 Å². The van der Waals surface area contributed by atoms with Gasteiger partial charge in [-0.2, -0.15) is 0 Å². The maximum absolute atomic E-state index is 10.6. The summed E-state index contributed by atoms with van der Waals surface area (Å²) in [7, 11) is 1.66. The lowest BCUT2D eigenvalue weighted by Gasteiger charge is -2.24. The normalized spacial score (nSPS) is 11.3. The first-order chi connectivity index (χ1) is 8.97. The summed E-state index contributed by atoms with van der Waals surface area (Å²) < 4.78 is 1.64. The number of nitrogens with zero attached hydrogens (tertiary/aromatic N) is 3. The Morgan fingerprint density at radius 3 is 2.79 bits per heavy atom. The zero-order chi connectivity index (χ0) is 14.4. The molecule has 1 aromatic heterocycles. The zero-order valence-corrected chi connectivity index (χ0v) is 13.7. The minimum atomic E-state index is -0.469. The van der Waals surface area contributed by atoms with Gasteiger partial charge in [-0.1, -0.05) is 15.9 Å². The smallest absolute Gasteiger partial charge is 0.274 e. The van der Waals surface area contributed by atoms with Gasteiger partial charge in [-0.05, 0) is 28.9 Å². The van der Waals surface area contributed by atoms with E-state index in [1.165, 1.54) is 0 Å². The maximum atomic E-state index is 10.6. The molecule has 0 aliphatic heterocycles. The van der Waals surface area contributed by atoms with Crippen molar-refractivity contribution < 1.29 is 4.92 Å². The first kappa shape index (κ1) is 15.9. The standard InChI is InChI=1S/C11H14Br2N4O2/c1-3-16(11(14-2)7-17(18)19)6-8-5-15-10(13)4-9(8)12/h4-5,7,14H,3,6H2,1-2H3/b11-7+. The molecule has 0 aliphatic rings. The highest BCUT2D eigenvalue weighted by Crippen LogP contribution is 2.21. The van der Waals surface area contributed by atoms with Crippen molar-refractivity contribution in [2.24, 2.45) is 0 Å². The second-order valence-electron chi connectivity index (χ2n) is 3.66. The van der Waals surface area contributed by atoms with Crippen molar-refractivity contribution in [2.75, 3.05) is 13.6 Å². The van der Waals surface area contributed by atoms with Crippen LogP contribution in [0.2, 0.25) is 0 Å². The van der Waals surface area contributed by atoms with Crippen LogP contribution in [0.3, 0.4) is 0 Å². The Bertz CT molecular complexity index is 494. The van der Waals surface area contributed by atoms with Crippen LogP contribution in [0.15, 0.2) is 33.4 Å². The molecule has 0 saturated carbocycles. The Hall–Kier alpha value is -1.15. The third kappa shape index (κ3) is 4.79. The van der Waals surface area contributed by atoms with Gasteiger partial charge < -0.3 is 10.2 Å². The molecule has 0 radical (unpaired) electrons. The molecule has 1 heterocycles. The fourth-order valence-electron chi connectivity index (χ4n) is 1.53. The van der Waals surface area contributed by atoms with Gasteiger partial charge in [0.05, 0.1) is 4.92 Å². The maximum Gasteiger partial charge on any atom is 0.274 e. The minimum Gasteiger partial charge on any atom is -0.370 e. The summed E-state index contributed by atoms with van der Waals surface area (Å²) in [6, 6.07) is 1.85. The van der Waals surface area contributed by atoms with Crippen LogP contribution in [-0.4, -0.2) is 28.4 Å². The lowest BCUT2D eigenvalue weighted by Crippen LogP contribution is -2.30. The van der Waals surface area contributed by atoms with Crippen molar-refractivity contribution in [1.82, 2.24) is 15.2 Å². The van der Waals surface area contributed by atoms with Gasteiger partial charge in [0.2, 0.25) is 0 Å². The van der Waals surface area contributed by atoms with Crippen molar-refractivity contribution in [3.63, 3.8) is 0 Å². The van der Waals surface area contributed by atoms with E-state index in [2.05, 4.69) is 42.2 Å². The zero-order valence-electron chi connectivity index (χ0n) is 10.6. The lowest BCUT2D eigenvalue weighted by atomic mass is 10.2. The van der Waals surface area contributed by atoms with Gasteiger partial charge in [0.15, 0.2) is 5.82 Å². The fraction of sp³-hybridized carbons (Fsp3) is 0.364. The molecule has 19 heavy (non-hydrogen) atoms. The Morgan fingerprint density at radius 2 is 2.32 bits per heavy atom. The quantitative estimate of drug-likeness (QED) is 0.457. The minimum absolute atomic E-state index is 0.460. The average molecular weight is 394 g/mol. The van der Waals surface area contributed by atoms with Crippen molar-refractivity contribution in [1.29, 1.82) is 0 Å². The molecule has 1 N–H and O–H groups in total. The summed E-state index contributed by atoms with van der Waals surface area (Å²) in [5, 5.41) is 13.4. The molecule has 104 valence electrons. The summed E-state index contributed by atoms with van der Waals surface area (Å²) in [6.07, 6.45) is 2.69. The number of nitro groups is 1. The molecule has 8 heteroatoms. The molecule has 0 fully saturated rings. The number of halogens is 2. The van der Waals surface area contributed by atoms with Crippen molar-refractivity contribution in [3.8, 4) is 0 Å². The number of nitrogens with one attached hydrogen (secondary N) is 1. The first-order valence-electron chi connectivity index (χ1n) is 5.55. The summed E-state index contributed by atoms with van der Waals surface area (Å²) in [6.45, 7) is 3.10. The van der Waals surface area contributed by atoms with Crippen molar-refractivity contribution in [3.05, 3.63) is 49.0 Å². The van der Waals surface area contributed by atoms with Crippen LogP contribution in [0.4, 0.5) is 0 Å². The third-order valence-electron chi connectivity index (χ3n) is 2.46. The molecule has 1 aromatic rings. The molecule has 0 bridgehead atoms. The van der Waals surface area contributed by atoms with Crippen LogP contribution < -0.4 is 5.32 Å². The number of hydrogen-bond acceptors (Lipinski definition) is 5. The Kier molecular flexibility index (Phi) is 6.23. The summed E-state index contributed by atoms with van der Waals surface area (Å²) in [4.78, 5) is 16.1. The molecule has 0 unspecified atom stereocenters. The monoisotopic (exact) mass is 392 g/mol. The summed E-state index contributed by atoms with van der Waals surface area (Å²) in [5.74, 6) is 0.460. The molecule has 0 atom stereocenters. The van der Waals surface area contributed by atoms with Crippen molar-refractivity contribution >= 4 is 31.9 Å². The summed E-state index contributed by atoms with van der Waals surface area (Å²) >= 11 is 6.74. The Labute approximate surface area is 128 Å². The number of pyridine rings is 1. The highest BCUT2D eigenvalue weighted by molar-refractivity contribution is 9.11. The van der Waals surface area contributed by atoms with Gasteiger partial charge in [-0.3, -0.25) is 10.1 Å². The molecule has 0 amide bonds. The van der Waals surface area contributed by atoms with Crippen LogP contribution in [-0.2, 0) is 6.54 Å². The first-order valence-corrected chi connectivity index (χ1v) is 7.14. The van der Waals surface area contributed by atoms with Crippen LogP contribution >= 0.6 is 31.9 Å². The number of rotatable bonds is 6. The molecular formula is C11H14Br2N4O2.